The van der Waals surface area contributed by atoms with Crippen LogP contribution in [0.5, 0.6) is 5.75 Å². The molecular formula is C20H27FN4O. The van der Waals surface area contributed by atoms with Crippen LogP contribution in [-0.2, 0) is 6.42 Å². The van der Waals surface area contributed by atoms with Gasteiger partial charge < -0.3 is 15.4 Å². The highest BCUT2D eigenvalue weighted by molar-refractivity contribution is 5.79. The zero-order valence-corrected chi connectivity index (χ0v) is 15.6. The molecule has 5 nitrogen and oxygen atoms in total. The van der Waals surface area contributed by atoms with Gasteiger partial charge in [-0.05, 0) is 68.7 Å². The molecule has 0 aliphatic heterocycles. The van der Waals surface area contributed by atoms with E-state index in [2.05, 4.69) is 27.5 Å². The lowest BCUT2D eigenvalue weighted by Crippen LogP contribution is -2.39. The van der Waals surface area contributed by atoms with Crippen LogP contribution in [0, 0.1) is 12.7 Å². The third-order valence-electron chi connectivity index (χ3n) is 3.82. The summed E-state index contributed by atoms with van der Waals surface area (Å²) < 4.78 is 18.7. The fraction of sp³-hybridized carbons (Fsp3) is 0.400. The molecular weight excluding hydrogens is 331 g/mol. The largest absolute Gasteiger partial charge is 0.489 e. The zero-order chi connectivity index (χ0) is 18.8. The Hall–Kier alpha value is -2.63. The molecule has 0 saturated carbocycles. The number of hydrogen-bond acceptors (Lipinski definition) is 3. The highest BCUT2D eigenvalue weighted by Crippen LogP contribution is 2.13. The molecule has 0 radical (unpaired) electrons. The van der Waals surface area contributed by atoms with E-state index in [0.29, 0.717) is 12.3 Å². The van der Waals surface area contributed by atoms with Crippen LogP contribution in [-0.4, -0.2) is 36.7 Å². The topological polar surface area (TPSA) is 58.5 Å². The molecule has 2 N–H and O–H groups in total. The minimum absolute atomic E-state index is 0.113. The van der Waals surface area contributed by atoms with E-state index >= 15 is 0 Å². The van der Waals surface area contributed by atoms with Gasteiger partial charge in [0, 0.05) is 25.5 Å². The summed E-state index contributed by atoms with van der Waals surface area (Å²) in [6.45, 7) is 8.10. The number of nitrogens with one attached hydrogen (secondary N) is 2. The average molecular weight is 358 g/mol. The summed E-state index contributed by atoms with van der Waals surface area (Å²) in [7, 11) is 0. The first-order valence-electron chi connectivity index (χ1n) is 8.92. The molecule has 0 saturated heterocycles. The minimum atomic E-state index is -0.272. The van der Waals surface area contributed by atoms with Gasteiger partial charge in [0.05, 0.1) is 6.54 Å². The van der Waals surface area contributed by atoms with Crippen LogP contribution in [0.1, 0.15) is 25.0 Å². The molecule has 1 aromatic carbocycles. The molecule has 6 heteroatoms. The fourth-order valence-electron chi connectivity index (χ4n) is 2.44. The van der Waals surface area contributed by atoms with E-state index in [0.717, 1.165) is 25.5 Å². The average Bonchev–Trinajstić information content (AvgIpc) is 2.63. The highest BCUT2D eigenvalue weighted by atomic mass is 19.1. The van der Waals surface area contributed by atoms with Gasteiger partial charge in [0.2, 0.25) is 0 Å². The van der Waals surface area contributed by atoms with Gasteiger partial charge in [-0.1, -0.05) is 0 Å². The number of aromatic nitrogens is 1. The van der Waals surface area contributed by atoms with Crippen LogP contribution in [0.15, 0.2) is 47.7 Å². The van der Waals surface area contributed by atoms with Crippen molar-refractivity contribution in [1.82, 2.24) is 15.6 Å². The summed E-state index contributed by atoms with van der Waals surface area (Å²) in [5, 5.41) is 6.57. The van der Waals surface area contributed by atoms with Crippen molar-refractivity contribution in [1.29, 1.82) is 0 Å². The third-order valence-corrected chi connectivity index (χ3v) is 3.82. The predicted molar refractivity (Wildman–Crippen MR) is 103 cm³/mol. The molecule has 1 heterocycles. The number of guanidine groups is 1. The van der Waals surface area contributed by atoms with E-state index in [-0.39, 0.29) is 11.9 Å². The van der Waals surface area contributed by atoms with Gasteiger partial charge in [-0.3, -0.25) is 4.98 Å². The first-order chi connectivity index (χ1) is 12.6. The Bertz CT molecular complexity index is 703. The van der Waals surface area contributed by atoms with E-state index in [1.807, 2.05) is 32.3 Å². The molecule has 0 amide bonds. The summed E-state index contributed by atoms with van der Waals surface area (Å²) in [5.74, 6) is 1.13. The second kappa shape index (κ2) is 10.4. The van der Waals surface area contributed by atoms with Gasteiger partial charge in [-0.15, -0.1) is 0 Å². The van der Waals surface area contributed by atoms with Crippen LogP contribution < -0.4 is 15.4 Å². The van der Waals surface area contributed by atoms with Gasteiger partial charge in [0.25, 0.3) is 0 Å². The van der Waals surface area contributed by atoms with Gasteiger partial charge in [-0.25, -0.2) is 9.38 Å². The molecule has 2 rings (SSSR count). The number of hydrogen-bond donors (Lipinski definition) is 2. The van der Waals surface area contributed by atoms with Crippen LogP contribution >= 0.6 is 0 Å². The Kier molecular flexibility index (Phi) is 7.86. The summed E-state index contributed by atoms with van der Waals surface area (Å²) >= 11 is 0. The number of benzene rings is 1. The molecule has 140 valence electrons. The molecule has 0 aliphatic rings. The van der Waals surface area contributed by atoms with Crippen molar-refractivity contribution in [2.45, 2.75) is 33.3 Å². The maximum Gasteiger partial charge on any atom is 0.191 e. The van der Waals surface area contributed by atoms with Crippen molar-refractivity contribution in [3.63, 3.8) is 0 Å². The van der Waals surface area contributed by atoms with E-state index < -0.39 is 0 Å². The first kappa shape index (κ1) is 19.7. The monoisotopic (exact) mass is 358 g/mol. The van der Waals surface area contributed by atoms with Crippen molar-refractivity contribution in [2.75, 3.05) is 19.6 Å². The van der Waals surface area contributed by atoms with Gasteiger partial charge >= 0.3 is 0 Å². The molecule has 0 spiro atoms. The molecule has 0 bridgehead atoms. The normalized spacial score (nSPS) is 12.5. The van der Waals surface area contributed by atoms with Crippen LogP contribution in [0.2, 0.25) is 0 Å². The molecule has 2 aromatic rings. The lowest BCUT2D eigenvalue weighted by atomic mass is 10.1. The van der Waals surface area contributed by atoms with E-state index in [1.165, 1.54) is 23.3 Å². The minimum Gasteiger partial charge on any atom is -0.489 e. The predicted octanol–water partition coefficient (Wildman–Crippen LogP) is 3.09. The van der Waals surface area contributed by atoms with Gasteiger partial charge in [0.15, 0.2) is 5.96 Å². The summed E-state index contributed by atoms with van der Waals surface area (Å²) in [6, 6.07) is 8.06. The summed E-state index contributed by atoms with van der Waals surface area (Å²) in [5.41, 5.74) is 2.47. The number of nitrogens with zero attached hydrogens (tertiary/aromatic N) is 2. The Morgan fingerprint density at radius 2 is 2.00 bits per heavy atom. The smallest absolute Gasteiger partial charge is 0.191 e. The number of aliphatic imine (C=N–C) groups is 1. The Balaban J connectivity index is 1.83. The Morgan fingerprint density at radius 3 is 2.69 bits per heavy atom. The van der Waals surface area contributed by atoms with Crippen molar-refractivity contribution >= 4 is 5.96 Å². The SMILES string of the molecule is CCNC(=NCC(C)Oc1ccc(F)cc1)NCCc1ccncc1C. The lowest BCUT2D eigenvalue weighted by Gasteiger charge is -2.15. The Labute approximate surface area is 154 Å². The van der Waals surface area contributed by atoms with Crippen molar-refractivity contribution < 1.29 is 9.13 Å². The summed E-state index contributed by atoms with van der Waals surface area (Å²) in [4.78, 5) is 8.68. The second-order valence-corrected chi connectivity index (χ2v) is 6.08. The maximum atomic E-state index is 12.9. The number of aryl methyl sites for hydroxylation is 1. The van der Waals surface area contributed by atoms with Gasteiger partial charge in [0.1, 0.15) is 17.7 Å². The third kappa shape index (κ3) is 6.70. The van der Waals surface area contributed by atoms with Crippen molar-refractivity contribution in [3.8, 4) is 5.75 Å². The first-order valence-corrected chi connectivity index (χ1v) is 8.92. The molecule has 1 unspecified atom stereocenters. The second-order valence-electron chi connectivity index (χ2n) is 6.08. The number of ether oxygens (including phenoxy) is 1. The molecule has 1 aromatic heterocycles. The summed E-state index contributed by atoms with van der Waals surface area (Å²) in [6.07, 6.45) is 4.48. The lowest BCUT2D eigenvalue weighted by molar-refractivity contribution is 0.230. The van der Waals surface area contributed by atoms with Crippen LogP contribution in [0.4, 0.5) is 4.39 Å². The molecule has 0 aliphatic carbocycles. The van der Waals surface area contributed by atoms with Crippen molar-refractivity contribution in [2.24, 2.45) is 4.99 Å². The zero-order valence-electron chi connectivity index (χ0n) is 15.6. The van der Waals surface area contributed by atoms with Crippen LogP contribution in [0.25, 0.3) is 0 Å². The number of halogens is 1. The van der Waals surface area contributed by atoms with Crippen LogP contribution in [0.3, 0.4) is 0 Å². The van der Waals surface area contributed by atoms with Crippen molar-refractivity contribution in [3.05, 3.63) is 59.7 Å². The van der Waals surface area contributed by atoms with Gasteiger partial charge in [-0.2, -0.15) is 0 Å². The quantitative estimate of drug-likeness (QED) is 0.562. The fourth-order valence-corrected chi connectivity index (χ4v) is 2.44. The molecule has 0 fully saturated rings. The van der Waals surface area contributed by atoms with E-state index in [1.54, 1.807) is 12.1 Å². The van der Waals surface area contributed by atoms with E-state index in [4.69, 9.17) is 4.74 Å². The molecule has 26 heavy (non-hydrogen) atoms. The number of rotatable bonds is 8. The molecule has 1 atom stereocenters. The Morgan fingerprint density at radius 1 is 1.23 bits per heavy atom. The standard InChI is InChI=1S/C20H27FN4O/c1-4-23-20(24-12-10-17-9-11-22-13-15(17)2)25-14-16(3)26-19-7-5-18(21)6-8-19/h5-9,11,13,16H,4,10,12,14H2,1-3H3,(H2,23,24,25). The maximum absolute atomic E-state index is 12.9. The number of pyridine rings is 1. The highest BCUT2D eigenvalue weighted by Gasteiger charge is 2.05. The van der Waals surface area contributed by atoms with E-state index in [9.17, 15) is 4.39 Å².